The molecule has 212 valence electrons. The van der Waals surface area contributed by atoms with Crippen LogP contribution in [-0.2, 0) is 14.9 Å². The van der Waals surface area contributed by atoms with Gasteiger partial charge < -0.3 is 15.5 Å². The highest BCUT2D eigenvalue weighted by Gasteiger charge is 2.27. The number of hydrogen-bond acceptors (Lipinski definition) is 5. The van der Waals surface area contributed by atoms with Crippen molar-refractivity contribution in [2.24, 2.45) is 0 Å². The summed E-state index contributed by atoms with van der Waals surface area (Å²) in [4.78, 5) is 12.4. The van der Waals surface area contributed by atoms with Crippen LogP contribution in [0.3, 0.4) is 0 Å². The first-order chi connectivity index (χ1) is 17.2. The highest BCUT2D eigenvalue weighted by atomic mass is 32.2. The van der Waals surface area contributed by atoms with E-state index < -0.39 is 40.0 Å². The summed E-state index contributed by atoms with van der Waals surface area (Å²) in [7, 11) is -4.43. The van der Waals surface area contributed by atoms with Gasteiger partial charge in [0.2, 0.25) is 5.91 Å². The van der Waals surface area contributed by atoms with E-state index in [-0.39, 0.29) is 6.42 Å². The molecule has 0 rings (SSSR count). The smallest absolute Gasteiger partial charge is 0.267 e. The zero-order valence-corrected chi connectivity index (χ0v) is 23.6. The number of allylic oxidation sites excluding steroid dienone is 3. The molecule has 0 spiro atoms. The van der Waals surface area contributed by atoms with Gasteiger partial charge in [0, 0.05) is 0 Å². The van der Waals surface area contributed by atoms with Crippen molar-refractivity contribution in [1.29, 1.82) is 0 Å². The van der Waals surface area contributed by atoms with Crippen LogP contribution in [0.5, 0.6) is 0 Å². The number of nitrogens with one attached hydrogen (secondary N) is 1. The van der Waals surface area contributed by atoms with Crippen LogP contribution in [0.2, 0.25) is 0 Å². The third-order valence-corrected chi connectivity index (χ3v) is 7.00. The normalized spacial score (nSPS) is 14.9. The first-order valence-electron chi connectivity index (χ1n) is 14.1. The molecule has 0 aromatic rings. The molecule has 0 saturated heterocycles. The fourth-order valence-electron chi connectivity index (χ4n) is 4.01. The van der Waals surface area contributed by atoms with Crippen LogP contribution >= 0.6 is 0 Å². The molecular weight excluding hydrogens is 478 g/mol. The summed E-state index contributed by atoms with van der Waals surface area (Å²) in [6.07, 6.45) is 22.7. The van der Waals surface area contributed by atoms with Gasteiger partial charge in [-0.2, -0.15) is 8.42 Å². The number of hydrogen-bond donors (Lipinski definition) is 4. The summed E-state index contributed by atoms with van der Waals surface area (Å²) < 4.78 is 32.0. The van der Waals surface area contributed by atoms with Crippen LogP contribution in [0.4, 0.5) is 0 Å². The summed E-state index contributed by atoms with van der Waals surface area (Å²) in [5.74, 6) is -1.56. The van der Waals surface area contributed by atoms with Gasteiger partial charge in [-0.15, -0.1) is 0 Å². The number of amides is 1. The van der Waals surface area contributed by atoms with Crippen molar-refractivity contribution < 1.29 is 28.0 Å². The van der Waals surface area contributed by atoms with E-state index in [0.717, 1.165) is 38.5 Å². The second-order valence-electron chi connectivity index (χ2n) is 9.81. The van der Waals surface area contributed by atoms with E-state index in [4.69, 9.17) is 0 Å². The summed E-state index contributed by atoms with van der Waals surface area (Å²) in [5.41, 5.74) is 0. The monoisotopic (exact) mass is 531 g/mol. The Morgan fingerprint density at radius 2 is 1.25 bits per heavy atom. The van der Waals surface area contributed by atoms with Gasteiger partial charge >= 0.3 is 0 Å². The highest BCUT2D eigenvalue weighted by molar-refractivity contribution is 7.85. The van der Waals surface area contributed by atoms with Crippen molar-refractivity contribution in [3.63, 3.8) is 0 Å². The third kappa shape index (κ3) is 22.0. The molecule has 0 aromatic heterocycles. The van der Waals surface area contributed by atoms with Crippen LogP contribution in [0, 0.1) is 0 Å². The van der Waals surface area contributed by atoms with E-state index in [1.807, 2.05) is 6.08 Å². The average Bonchev–Trinajstić information content (AvgIpc) is 2.82. The zero-order valence-electron chi connectivity index (χ0n) is 22.7. The van der Waals surface area contributed by atoms with Crippen LogP contribution < -0.4 is 5.32 Å². The lowest BCUT2D eigenvalue weighted by Gasteiger charge is -2.22. The minimum Gasteiger partial charge on any atom is -0.387 e. The van der Waals surface area contributed by atoms with Gasteiger partial charge in [0.25, 0.3) is 10.1 Å². The molecule has 0 aromatic carbocycles. The Labute approximate surface area is 220 Å². The Hall–Kier alpha value is -1.22. The number of rotatable bonds is 24. The molecule has 0 saturated carbocycles. The number of aliphatic hydroxyl groups excluding tert-OH is 2. The van der Waals surface area contributed by atoms with Gasteiger partial charge in [0.1, 0.15) is 6.10 Å². The molecule has 0 radical (unpaired) electrons. The molecule has 36 heavy (non-hydrogen) atoms. The van der Waals surface area contributed by atoms with Gasteiger partial charge in [0.05, 0.1) is 17.9 Å². The molecule has 0 aliphatic heterocycles. The first-order valence-corrected chi connectivity index (χ1v) is 15.8. The molecule has 1 amide bonds. The molecule has 0 fully saturated rings. The Morgan fingerprint density at radius 1 is 0.750 bits per heavy atom. The third-order valence-electron chi connectivity index (χ3n) is 6.22. The van der Waals surface area contributed by atoms with Crippen molar-refractivity contribution in [3.05, 3.63) is 24.3 Å². The SMILES string of the molecule is CCC/C=C/CC/C=C/C(O)C(CS(=O)(=O)O)NC(=O)C(O)CCCCCCCCCCCCCC. The maximum atomic E-state index is 12.4. The number of aliphatic hydroxyl groups is 2. The Kier molecular flexibility index (Phi) is 22.2. The molecular formula is C28H53NO6S. The second-order valence-corrected chi connectivity index (χ2v) is 11.3. The molecule has 4 N–H and O–H groups in total. The van der Waals surface area contributed by atoms with Crippen LogP contribution in [-0.4, -0.2) is 53.1 Å². The molecule has 7 nitrogen and oxygen atoms in total. The molecule has 0 heterocycles. The van der Waals surface area contributed by atoms with Crippen molar-refractivity contribution in [2.45, 2.75) is 141 Å². The van der Waals surface area contributed by atoms with Gasteiger partial charge in [0.15, 0.2) is 0 Å². The van der Waals surface area contributed by atoms with E-state index in [1.165, 1.54) is 57.4 Å². The molecule has 3 atom stereocenters. The van der Waals surface area contributed by atoms with Crippen molar-refractivity contribution in [1.82, 2.24) is 5.32 Å². The molecule has 0 aliphatic carbocycles. The minimum atomic E-state index is -4.43. The molecule has 3 unspecified atom stereocenters. The van der Waals surface area contributed by atoms with E-state index in [0.29, 0.717) is 12.8 Å². The van der Waals surface area contributed by atoms with Gasteiger partial charge in [-0.25, -0.2) is 0 Å². The van der Waals surface area contributed by atoms with E-state index in [9.17, 15) is 28.0 Å². The predicted molar refractivity (Wildman–Crippen MR) is 148 cm³/mol. The van der Waals surface area contributed by atoms with Crippen LogP contribution in [0.15, 0.2) is 24.3 Å². The van der Waals surface area contributed by atoms with Crippen LogP contribution in [0.25, 0.3) is 0 Å². The molecule has 0 bridgehead atoms. The van der Waals surface area contributed by atoms with Gasteiger partial charge in [-0.3, -0.25) is 9.35 Å². The number of carbonyl (C=O) groups excluding carboxylic acids is 1. The summed E-state index contributed by atoms with van der Waals surface area (Å²) in [6, 6.07) is -1.24. The van der Waals surface area contributed by atoms with Gasteiger partial charge in [-0.05, 0) is 25.7 Å². The fraction of sp³-hybridized carbons (Fsp3) is 0.821. The number of unbranched alkanes of at least 4 members (excludes halogenated alkanes) is 13. The van der Waals surface area contributed by atoms with E-state index in [2.05, 4.69) is 25.2 Å². The Morgan fingerprint density at radius 3 is 1.78 bits per heavy atom. The minimum absolute atomic E-state index is 0.276. The second kappa shape index (κ2) is 22.9. The van der Waals surface area contributed by atoms with E-state index in [1.54, 1.807) is 6.08 Å². The lowest BCUT2D eigenvalue weighted by Crippen LogP contribution is -2.50. The summed E-state index contributed by atoms with van der Waals surface area (Å²) >= 11 is 0. The largest absolute Gasteiger partial charge is 0.387 e. The predicted octanol–water partition coefficient (Wildman–Crippen LogP) is 5.86. The highest BCUT2D eigenvalue weighted by Crippen LogP contribution is 2.13. The Balaban J connectivity index is 4.26. The topological polar surface area (TPSA) is 124 Å². The molecule has 8 heteroatoms. The Bertz CT molecular complexity index is 692. The summed E-state index contributed by atoms with van der Waals surface area (Å²) in [6.45, 7) is 4.32. The maximum absolute atomic E-state index is 12.4. The summed E-state index contributed by atoms with van der Waals surface area (Å²) in [5, 5.41) is 22.9. The molecule has 0 aliphatic rings. The van der Waals surface area contributed by atoms with Crippen molar-refractivity contribution >= 4 is 16.0 Å². The lowest BCUT2D eigenvalue weighted by molar-refractivity contribution is -0.130. The lowest BCUT2D eigenvalue weighted by atomic mass is 10.0. The van der Waals surface area contributed by atoms with Crippen LogP contribution in [0.1, 0.15) is 123 Å². The standard InChI is InChI=1S/C28H53NO6S/c1-3-5-7-9-11-12-13-14-15-17-19-21-23-27(31)28(32)29-25(24-36(33,34)35)26(30)22-20-18-16-10-8-6-4-2/h8,10,20,22,25-27,30-31H,3-7,9,11-19,21,23-24H2,1-2H3,(H,29,32)(H,33,34,35)/b10-8+,22-20+. The first kappa shape index (κ1) is 34.8. The maximum Gasteiger partial charge on any atom is 0.267 e. The number of carbonyl (C=O) groups is 1. The van der Waals surface area contributed by atoms with Crippen molar-refractivity contribution in [2.75, 3.05) is 5.75 Å². The average molecular weight is 532 g/mol. The van der Waals surface area contributed by atoms with Gasteiger partial charge in [-0.1, -0.05) is 122 Å². The van der Waals surface area contributed by atoms with Crippen molar-refractivity contribution in [3.8, 4) is 0 Å². The zero-order chi connectivity index (χ0) is 27.1. The quantitative estimate of drug-likeness (QED) is 0.0702. The fourth-order valence-corrected chi connectivity index (χ4v) is 4.74. The van der Waals surface area contributed by atoms with E-state index >= 15 is 0 Å².